The second-order valence-corrected chi connectivity index (χ2v) is 10.2. The number of hydrogen-bond donors (Lipinski definition) is 2. The minimum Gasteiger partial charge on any atom is -0.361 e. The molecule has 0 radical (unpaired) electrons. The van der Waals surface area contributed by atoms with E-state index in [1.54, 1.807) is 0 Å². The molecular weight excluding hydrogens is 434 g/mol. The fourth-order valence-electron chi connectivity index (χ4n) is 5.54. The van der Waals surface area contributed by atoms with Gasteiger partial charge < -0.3 is 10.3 Å². The fraction of sp³-hybridized carbons (Fsp3) is 0.200. The zero-order valence-electron chi connectivity index (χ0n) is 19.8. The molecule has 0 fully saturated rings. The average Bonchev–Trinajstić information content (AvgIpc) is 3.21. The molecule has 5 nitrogen and oxygen atoms in total. The van der Waals surface area contributed by atoms with Crippen molar-refractivity contribution in [2.45, 2.75) is 32.7 Å². The van der Waals surface area contributed by atoms with Gasteiger partial charge >= 0.3 is 0 Å². The highest BCUT2D eigenvalue weighted by Gasteiger charge is 2.44. The van der Waals surface area contributed by atoms with Gasteiger partial charge in [-0.25, -0.2) is 0 Å². The first-order chi connectivity index (χ1) is 16.9. The van der Waals surface area contributed by atoms with Crippen LogP contribution in [0.2, 0.25) is 0 Å². The van der Waals surface area contributed by atoms with Gasteiger partial charge in [0.05, 0.1) is 17.4 Å². The number of Topliss-reactive ketones (excluding diaryl/α,β-unsaturated/α-hetero) is 1. The second kappa shape index (κ2) is 7.98. The summed E-state index contributed by atoms with van der Waals surface area (Å²) in [5, 5.41) is 4.59. The first-order valence-electron chi connectivity index (χ1n) is 12.0. The summed E-state index contributed by atoms with van der Waals surface area (Å²) < 4.78 is 0. The Labute approximate surface area is 204 Å². The molecule has 0 unspecified atom stereocenters. The smallest absolute Gasteiger partial charge is 0.259 e. The number of carbonyl (C=O) groups excluding carboxylic acids is 2. The van der Waals surface area contributed by atoms with Crippen molar-refractivity contribution in [1.29, 1.82) is 0 Å². The van der Waals surface area contributed by atoms with E-state index >= 15 is 0 Å². The Balaban J connectivity index is 1.67. The summed E-state index contributed by atoms with van der Waals surface area (Å²) in [6.45, 7) is 4.25. The molecule has 1 aliphatic heterocycles. The highest BCUT2D eigenvalue weighted by atomic mass is 16.2. The molecule has 2 N–H and O–H groups in total. The van der Waals surface area contributed by atoms with E-state index in [0.717, 1.165) is 40.0 Å². The number of para-hydroxylation sites is 3. The van der Waals surface area contributed by atoms with Gasteiger partial charge in [0, 0.05) is 45.9 Å². The quantitative estimate of drug-likeness (QED) is 0.352. The molecule has 2 heterocycles. The number of carbonyl (C=O) groups is 2. The SMILES string of the molecule is CC1(C)CC(=O)C2=C(C1)Nc1ccccc1N(C(=O)c1ccccc1)[C@H]2c1c[nH]c2ccccc12. The number of benzene rings is 3. The monoisotopic (exact) mass is 461 g/mol. The van der Waals surface area contributed by atoms with Crippen molar-refractivity contribution in [2.24, 2.45) is 5.41 Å². The third kappa shape index (κ3) is 3.55. The van der Waals surface area contributed by atoms with Crippen LogP contribution in [0.3, 0.4) is 0 Å². The molecule has 6 rings (SSSR count). The minimum absolute atomic E-state index is 0.0812. The molecule has 1 amide bonds. The Bertz CT molecular complexity index is 1500. The number of hydrogen-bond acceptors (Lipinski definition) is 3. The lowest BCUT2D eigenvalue weighted by Crippen LogP contribution is -2.39. The van der Waals surface area contributed by atoms with E-state index in [1.807, 2.05) is 90.0 Å². The number of nitrogens with zero attached hydrogens (tertiary/aromatic N) is 1. The number of allylic oxidation sites excluding steroid dienone is 1. The molecule has 35 heavy (non-hydrogen) atoms. The average molecular weight is 462 g/mol. The predicted octanol–water partition coefficient (Wildman–Crippen LogP) is 6.62. The fourth-order valence-corrected chi connectivity index (χ4v) is 5.54. The summed E-state index contributed by atoms with van der Waals surface area (Å²) in [6, 6.07) is 24.6. The lowest BCUT2D eigenvalue weighted by Gasteiger charge is -2.37. The van der Waals surface area contributed by atoms with E-state index in [-0.39, 0.29) is 17.1 Å². The number of aromatic amines is 1. The summed E-state index contributed by atoms with van der Waals surface area (Å²) >= 11 is 0. The lowest BCUT2D eigenvalue weighted by atomic mass is 9.73. The van der Waals surface area contributed by atoms with Gasteiger partial charge in [0.1, 0.15) is 0 Å². The Morgan fingerprint density at radius 3 is 2.46 bits per heavy atom. The zero-order chi connectivity index (χ0) is 24.2. The van der Waals surface area contributed by atoms with Crippen LogP contribution in [0.4, 0.5) is 11.4 Å². The van der Waals surface area contributed by atoms with E-state index in [9.17, 15) is 9.59 Å². The maximum atomic E-state index is 14.2. The van der Waals surface area contributed by atoms with Crippen LogP contribution >= 0.6 is 0 Å². The standard InChI is InChI=1S/C30H27N3O2/c1-30(2)16-24-27(26(34)17-30)28(21-18-31-22-13-7-6-12-20(21)22)33(25-15-9-8-14-23(25)32-24)29(35)19-10-4-3-5-11-19/h3-15,18,28,31-32H,16-17H2,1-2H3/t28-/m0/s1. The van der Waals surface area contributed by atoms with Gasteiger partial charge in [-0.2, -0.15) is 0 Å². The van der Waals surface area contributed by atoms with Crippen LogP contribution in [-0.2, 0) is 4.79 Å². The molecule has 1 aromatic heterocycles. The van der Waals surface area contributed by atoms with Crippen molar-refractivity contribution in [3.8, 4) is 0 Å². The third-order valence-corrected chi connectivity index (χ3v) is 7.06. The lowest BCUT2D eigenvalue weighted by molar-refractivity contribution is -0.118. The van der Waals surface area contributed by atoms with Crippen LogP contribution in [0, 0.1) is 5.41 Å². The molecule has 4 aromatic rings. The Hall–Kier alpha value is -4.12. The van der Waals surface area contributed by atoms with Gasteiger partial charge in [0.2, 0.25) is 0 Å². The van der Waals surface area contributed by atoms with E-state index in [4.69, 9.17) is 0 Å². The summed E-state index contributed by atoms with van der Waals surface area (Å²) in [5.74, 6) is -0.0563. The highest BCUT2D eigenvalue weighted by Crippen LogP contribution is 2.49. The minimum atomic E-state index is -0.561. The topological polar surface area (TPSA) is 65.2 Å². The molecule has 1 aliphatic carbocycles. The number of fused-ring (bicyclic) bond motifs is 2. The van der Waals surface area contributed by atoms with Crippen LogP contribution < -0.4 is 10.2 Å². The second-order valence-electron chi connectivity index (χ2n) is 10.2. The molecule has 2 aliphatic rings. The van der Waals surface area contributed by atoms with Gasteiger partial charge in [0.15, 0.2) is 5.78 Å². The molecule has 3 aromatic carbocycles. The van der Waals surface area contributed by atoms with E-state index in [0.29, 0.717) is 17.6 Å². The van der Waals surface area contributed by atoms with Crippen molar-refractivity contribution >= 4 is 34.0 Å². The summed E-state index contributed by atoms with van der Waals surface area (Å²) in [6.07, 6.45) is 3.12. The Morgan fingerprint density at radius 2 is 1.63 bits per heavy atom. The van der Waals surface area contributed by atoms with Gasteiger partial charge in [-0.3, -0.25) is 14.5 Å². The first-order valence-corrected chi connectivity index (χ1v) is 12.0. The molecule has 0 bridgehead atoms. The zero-order valence-corrected chi connectivity index (χ0v) is 19.8. The largest absolute Gasteiger partial charge is 0.361 e. The van der Waals surface area contributed by atoms with Crippen molar-refractivity contribution in [3.63, 3.8) is 0 Å². The summed E-state index contributed by atoms with van der Waals surface area (Å²) in [7, 11) is 0. The Morgan fingerprint density at radius 1 is 0.914 bits per heavy atom. The maximum absolute atomic E-state index is 14.2. The normalized spacial score (nSPS) is 19.1. The van der Waals surface area contributed by atoms with Crippen LogP contribution in [0.5, 0.6) is 0 Å². The van der Waals surface area contributed by atoms with Gasteiger partial charge in [-0.1, -0.05) is 62.4 Å². The molecular formula is C30H27N3O2. The molecule has 0 saturated carbocycles. The van der Waals surface area contributed by atoms with E-state index in [2.05, 4.69) is 24.1 Å². The molecule has 0 saturated heterocycles. The van der Waals surface area contributed by atoms with E-state index in [1.165, 1.54) is 0 Å². The van der Waals surface area contributed by atoms with Crippen molar-refractivity contribution in [1.82, 2.24) is 4.98 Å². The van der Waals surface area contributed by atoms with Gasteiger partial charge in [-0.05, 0) is 42.2 Å². The molecule has 174 valence electrons. The summed E-state index contributed by atoms with van der Waals surface area (Å²) in [5.41, 5.74) is 5.48. The van der Waals surface area contributed by atoms with Gasteiger partial charge in [0.25, 0.3) is 5.91 Å². The first kappa shape index (κ1) is 21.4. The maximum Gasteiger partial charge on any atom is 0.259 e. The summed E-state index contributed by atoms with van der Waals surface area (Å²) in [4.78, 5) is 33.2. The number of H-pyrrole nitrogens is 1. The van der Waals surface area contributed by atoms with Crippen molar-refractivity contribution in [3.05, 3.63) is 107 Å². The number of rotatable bonds is 2. The van der Waals surface area contributed by atoms with Crippen LogP contribution in [0.1, 0.15) is 48.7 Å². The number of amides is 1. The number of nitrogens with one attached hydrogen (secondary N) is 2. The van der Waals surface area contributed by atoms with Crippen LogP contribution in [0.25, 0.3) is 10.9 Å². The van der Waals surface area contributed by atoms with Crippen molar-refractivity contribution < 1.29 is 9.59 Å². The molecule has 5 heteroatoms. The highest BCUT2D eigenvalue weighted by molar-refractivity contribution is 6.12. The van der Waals surface area contributed by atoms with Gasteiger partial charge in [-0.15, -0.1) is 0 Å². The number of ketones is 1. The van der Waals surface area contributed by atoms with Crippen molar-refractivity contribution in [2.75, 3.05) is 10.2 Å². The van der Waals surface area contributed by atoms with Crippen LogP contribution in [0.15, 0.2) is 96.3 Å². The molecule has 1 atom stereocenters. The number of aromatic nitrogens is 1. The van der Waals surface area contributed by atoms with Crippen LogP contribution in [-0.4, -0.2) is 16.7 Å². The third-order valence-electron chi connectivity index (χ3n) is 7.06. The molecule has 0 spiro atoms. The Kier molecular flexibility index (Phi) is 4.88. The number of anilines is 2. The van der Waals surface area contributed by atoms with E-state index < -0.39 is 6.04 Å². The predicted molar refractivity (Wildman–Crippen MR) is 139 cm³/mol.